The van der Waals surface area contributed by atoms with Crippen molar-refractivity contribution in [1.29, 1.82) is 0 Å². The highest BCUT2D eigenvalue weighted by molar-refractivity contribution is 6.74. The van der Waals surface area contributed by atoms with Gasteiger partial charge in [-0.3, -0.25) is 5.21 Å². The van der Waals surface area contributed by atoms with Crippen LogP contribution in [0.1, 0.15) is 59.8 Å². The van der Waals surface area contributed by atoms with E-state index in [2.05, 4.69) is 40.8 Å². The molecule has 5 heteroatoms. The Balaban J connectivity index is 1.87. The lowest BCUT2D eigenvalue weighted by molar-refractivity contribution is -0.732. The minimum atomic E-state index is -1.86. The molecule has 0 aromatic heterocycles. The Morgan fingerprint density at radius 3 is 2.38 bits per heavy atom. The molecule has 2 aliphatic carbocycles. The summed E-state index contributed by atoms with van der Waals surface area (Å²) >= 11 is 0. The first-order valence-electron chi connectivity index (χ1n) is 9.78. The molecule has 138 valence electrons. The summed E-state index contributed by atoms with van der Waals surface area (Å²) < 4.78 is 6.83. The smallest absolute Gasteiger partial charge is 0.232 e. The molecule has 2 saturated carbocycles. The predicted molar refractivity (Wildman–Crippen MR) is 99.4 cm³/mol. The van der Waals surface area contributed by atoms with Gasteiger partial charge < -0.3 is 9.26 Å². The zero-order valence-electron chi connectivity index (χ0n) is 16.3. The van der Waals surface area contributed by atoms with Crippen molar-refractivity contribution in [3.63, 3.8) is 0 Å². The molecule has 0 aromatic carbocycles. The van der Waals surface area contributed by atoms with E-state index >= 15 is 0 Å². The summed E-state index contributed by atoms with van der Waals surface area (Å²) in [7, 11) is -1.86. The largest absolute Gasteiger partial charge is 0.413 e. The standard InChI is InChI=1S/C19H35NO3Si/c1-13-16(14-10-8-7-9-11-14)17-15(12-22-20(17)21)18(13)23-24(5,6)19(2,3)4/h13-16,18H,7-12H2,1-6H3/t13-,15+,16+,18+/m1/s1. The van der Waals surface area contributed by atoms with Gasteiger partial charge in [-0.05, 0) is 42.8 Å². The normalized spacial score (nSPS) is 35.2. The van der Waals surface area contributed by atoms with Crippen LogP contribution in [0.3, 0.4) is 0 Å². The molecule has 1 heterocycles. The first-order chi connectivity index (χ1) is 11.1. The van der Waals surface area contributed by atoms with Crippen molar-refractivity contribution in [1.82, 2.24) is 0 Å². The van der Waals surface area contributed by atoms with Gasteiger partial charge in [-0.2, -0.15) is 0 Å². The summed E-state index contributed by atoms with van der Waals surface area (Å²) in [6.45, 7) is 14.3. The summed E-state index contributed by atoms with van der Waals surface area (Å²) in [5, 5.41) is 12.6. The van der Waals surface area contributed by atoms with E-state index in [0.717, 1.165) is 10.6 Å². The third-order valence-corrected chi connectivity index (χ3v) is 11.7. The zero-order chi connectivity index (χ0) is 17.7. The van der Waals surface area contributed by atoms with Crippen LogP contribution in [-0.4, -0.2) is 31.6 Å². The van der Waals surface area contributed by atoms with E-state index < -0.39 is 8.32 Å². The molecule has 3 aliphatic rings. The molecule has 0 aromatic rings. The second kappa shape index (κ2) is 6.31. The lowest BCUT2D eigenvalue weighted by Crippen LogP contribution is -2.47. The average Bonchev–Trinajstić information content (AvgIpc) is 2.99. The van der Waals surface area contributed by atoms with Crippen molar-refractivity contribution >= 4 is 14.0 Å². The average molecular weight is 354 g/mol. The number of hydrogen-bond acceptors (Lipinski definition) is 3. The molecule has 2 fully saturated rings. The van der Waals surface area contributed by atoms with Crippen LogP contribution < -0.4 is 0 Å². The molecule has 4 nitrogen and oxygen atoms in total. The van der Waals surface area contributed by atoms with Crippen LogP contribution in [0.25, 0.3) is 0 Å². The van der Waals surface area contributed by atoms with Crippen LogP contribution in [0, 0.1) is 28.9 Å². The van der Waals surface area contributed by atoms with E-state index in [4.69, 9.17) is 9.26 Å². The summed E-state index contributed by atoms with van der Waals surface area (Å²) in [4.78, 5) is 6.25. The maximum absolute atomic E-state index is 12.4. The highest BCUT2D eigenvalue weighted by atomic mass is 28.4. The fourth-order valence-electron chi connectivity index (χ4n) is 4.79. The second-order valence-corrected chi connectivity index (χ2v) is 14.5. The van der Waals surface area contributed by atoms with Gasteiger partial charge >= 0.3 is 0 Å². The summed E-state index contributed by atoms with van der Waals surface area (Å²) in [5.41, 5.74) is 0.998. The van der Waals surface area contributed by atoms with Gasteiger partial charge in [-0.1, -0.05) is 47.0 Å². The summed E-state index contributed by atoms with van der Waals surface area (Å²) in [6.07, 6.45) is 6.61. The fourth-order valence-corrected chi connectivity index (χ4v) is 6.20. The molecule has 0 bridgehead atoms. The van der Waals surface area contributed by atoms with Crippen LogP contribution in [0.15, 0.2) is 0 Å². The molecule has 1 aliphatic heterocycles. The summed E-state index contributed by atoms with van der Waals surface area (Å²) in [5.74, 6) is 1.57. The van der Waals surface area contributed by atoms with E-state index in [9.17, 15) is 5.21 Å². The first-order valence-corrected chi connectivity index (χ1v) is 12.7. The topological polar surface area (TPSA) is 44.5 Å². The quantitative estimate of drug-likeness (QED) is 0.544. The maximum atomic E-state index is 12.4. The Hall–Kier alpha value is -0.553. The van der Waals surface area contributed by atoms with Gasteiger partial charge in [-0.15, -0.1) is 0 Å². The van der Waals surface area contributed by atoms with Crippen LogP contribution in [0.2, 0.25) is 18.1 Å². The molecule has 4 atom stereocenters. The van der Waals surface area contributed by atoms with Gasteiger partial charge in [-0.25, -0.2) is 0 Å². The molecule has 0 spiro atoms. The third-order valence-electron chi connectivity index (χ3n) is 7.18. The molecule has 0 saturated heterocycles. The number of rotatable bonds is 3. The molecule has 0 unspecified atom stereocenters. The lowest BCUT2D eigenvalue weighted by atomic mass is 9.75. The van der Waals surface area contributed by atoms with Crippen molar-refractivity contribution in [2.75, 3.05) is 6.61 Å². The fraction of sp³-hybridized carbons (Fsp3) is 0.947. The van der Waals surface area contributed by atoms with Crippen LogP contribution in [0.5, 0.6) is 0 Å². The highest BCUT2D eigenvalue weighted by Crippen LogP contribution is 2.49. The van der Waals surface area contributed by atoms with Crippen LogP contribution in [0.4, 0.5) is 0 Å². The van der Waals surface area contributed by atoms with E-state index in [1.54, 1.807) is 0 Å². The van der Waals surface area contributed by atoms with Crippen molar-refractivity contribution < 1.29 is 14.2 Å². The molecular weight excluding hydrogens is 318 g/mol. The van der Waals surface area contributed by atoms with E-state index in [0.29, 0.717) is 24.4 Å². The van der Waals surface area contributed by atoms with Crippen LogP contribution >= 0.6 is 0 Å². The van der Waals surface area contributed by atoms with Crippen molar-refractivity contribution in [2.45, 2.75) is 84.0 Å². The number of hydrogen-bond donors (Lipinski definition) is 0. The van der Waals surface area contributed by atoms with Crippen molar-refractivity contribution in [3.05, 3.63) is 5.21 Å². The van der Waals surface area contributed by atoms with Crippen molar-refractivity contribution in [2.24, 2.45) is 23.7 Å². The van der Waals surface area contributed by atoms with Gasteiger partial charge in [0.05, 0.1) is 24.5 Å². The monoisotopic (exact) mass is 353 g/mol. The molecule has 24 heavy (non-hydrogen) atoms. The molecular formula is C19H35NO3Si. The molecule has 3 rings (SSSR count). The van der Waals surface area contributed by atoms with Gasteiger partial charge in [0.15, 0.2) is 8.32 Å². The van der Waals surface area contributed by atoms with Gasteiger partial charge in [0.25, 0.3) is 0 Å². The Labute approximate surface area is 148 Å². The molecule has 0 N–H and O–H groups in total. The van der Waals surface area contributed by atoms with Crippen LogP contribution in [-0.2, 0) is 9.26 Å². The Morgan fingerprint density at radius 2 is 1.79 bits per heavy atom. The maximum Gasteiger partial charge on any atom is 0.232 e. The summed E-state index contributed by atoms with van der Waals surface area (Å²) in [6, 6.07) is 0. The predicted octanol–water partition coefficient (Wildman–Crippen LogP) is 4.74. The number of nitrogens with zero attached hydrogens (tertiary/aromatic N) is 1. The Bertz CT molecular complexity index is 505. The van der Waals surface area contributed by atoms with Gasteiger partial charge in [0.2, 0.25) is 5.71 Å². The highest BCUT2D eigenvalue weighted by Gasteiger charge is 2.58. The van der Waals surface area contributed by atoms with Gasteiger partial charge in [0, 0.05) is 4.90 Å². The SMILES string of the molecule is C[C@H]1[C@H](O[Si](C)(C)C(C)(C)C)[C@H]2CO[N+]([O-])=C2[C@@H]1C1CCCCC1. The Kier molecular flexibility index (Phi) is 4.80. The minimum Gasteiger partial charge on any atom is -0.413 e. The lowest BCUT2D eigenvalue weighted by Gasteiger charge is -2.41. The van der Waals surface area contributed by atoms with E-state index in [-0.39, 0.29) is 17.1 Å². The number of fused-ring (bicyclic) bond motifs is 1. The van der Waals surface area contributed by atoms with Crippen molar-refractivity contribution in [3.8, 4) is 0 Å². The first kappa shape index (κ1) is 18.2. The molecule has 0 radical (unpaired) electrons. The van der Waals surface area contributed by atoms with E-state index in [1.807, 2.05) is 0 Å². The van der Waals surface area contributed by atoms with E-state index in [1.165, 1.54) is 32.1 Å². The van der Waals surface area contributed by atoms with Gasteiger partial charge in [0.1, 0.15) is 0 Å². The third kappa shape index (κ3) is 3.02. The second-order valence-electron chi connectivity index (χ2n) is 9.71. The Morgan fingerprint density at radius 1 is 1.17 bits per heavy atom. The minimum absolute atomic E-state index is 0.145. The molecule has 0 amide bonds. The zero-order valence-corrected chi connectivity index (χ0v) is 17.3.